The van der Waals surface area contributed by atoms with Crippen molar-refractivity contribution in [3.63, 3.8) is 0 Å². The molecule has 0 radical (unpaired) electrons. The minimum atomic E-state index is -0.347. The van der Waals surface area contributed by atoms with E-state index in [4.69, 9.17) is 0 Å². The molecule has 0 amide bonds. The van der Waals surface area contributed by atoms with Crippen LogP contribution in [0.3, 0.4) is 0 Å². The van der Waals surface area contributed by atoms with Crippen molar-refractivity contribution in [3.8, 4) is 0 Å². The van der Waals surface area contributed by atoms with E-state index >= 15 is 0 Å². The van der Waals surface area contributed by atoms with Crippen LogP contribution in [0.2, 0.25) is 0 Å². The average Bonchev–Trinajstić information content (AvgIpc) is 2.02. The topological polar surface area (TPSA) is 40.5 Å². The maximum absolute atomic E-state index is 10.8. The molecule has 0 aliphatic heterocycles. The van der Waals surface area contributed by atoms with E-state index in [-0.39, 0.29) is 11.5 Å². The summed E-state index contributed by atoms with van der Waals surface area (Å²) in [4.78, 5) is 12.9. The van der Waals surface area contributed by atoms with Crippen LogP contribution in [0.15, 0.2) is 0 Å². The van der Waals surface area contributed by atoms with E-state index in [0.717, 1.165) is 6.29 Å². The van der Waals surface area contributed by atoms with Gasteiger partial charge in [0.05, 0.1) is 6.10 Å². The standard InChI is InChI=1S/C11H23NO2/c1-9(2)12(6-10(3)14)7-11(4,5)8-13/h8-10,14H,6-7H2,1-5H3. The van der Waals surface area contributed by atoms with Gasteiger partial charge in [-0.25, -0.2) is 0 Å². The molecular formula is C11H23NO2. The first kappa shape index (κ1) is 13.6. The highest BCUT2D eigenvalue weighted by molar-refractivity contribution is 5.58. The van der Waals surface area contributed by atoms with Crippen LogP contribution in [-0.2, 0) is 4.79 Å². The first-order chi connectivity index (χ1) is 6.28. The molecule has 1 atom stereocenters. The summed E-state index contributed by atoms with van der Waals surface area (Å²) in [6.45, 7) is 11.1. The Hall–Kier alpha value is -0.410. The van der Waals surface area contributed by atoms with E-state index < -0.39 is 0 Å². The van der Waals surface area contributed by atoms with Gasteiger partial charge in [0.1, 0.15) is 6.29 Å². The summed E-state index contributed by atoms with van der Waals surface area (Å²) in [6, 6.07) is 0.351. The largest absolute Gasteiger partial charge is 0.392 e. The zero-order valence-electron chi connectivity index (χ0n) is 9.95. The van der Waals surface area contributed by atoms with Crippen LogP contribution in [0.4, 0.5) is 0 Å². The van der Waals surface area contributed by atoms with E-state index in [1.165, 1.54) is 0 Å². The number of hydrogen-bond donors (Lipinski definition) is 1. The number of rotatable bonds is 6. The number of carbonyl (C=O) groups excluding carboxylic acids is 1. The molecule has 0 heterocycles. The average molecular weight is 201 g/mol. The van der Waals surface area contributed by atoms with Crippen molar-refractivity contribution in [1.82, 2.24) is 4.90 Å². The van der Waals surface area contributed by atoms with Gasteiger partial charge in [-0.1, -0.05) is 13.8 Å². The second-order valence-electron chi connectivity index (χ2n) is 4.98. The molecule has 3 nitrogen and oxygen atoms in total. The number of aliphatic hydroxyl groups is 1. The van der Waals surface area contributed by atoms with Gasteiger partial charge in [-0.3, -0.25) is 4.90 Å². The van der Waals surface area contributed by atoms with Crippen molar-refractivity contribution < 1.29 is 9.90 Å². The van der Waals surface area contributed by atoms with Crippen LogP contribution >= 0.6 is 0 Å². The molecule has 0 rings (SSSR count). The molecule has 14 heavy (non-hydrogen) atoms. The monoisotopic (exact) mass is 201 g/mol. The van der Waals surface area contributed by atoms with Gasteiger partial charge in [0, 0.05) is 24.5 Å². The third-order valence-electron chi connectivity index (χ3n) is 2.16. The predicted octanol–water partition coefficient (Wildman–Crippen LogP) is 1.30. The summed E-state index contributed by atoms with van der Waals surface area (Å²) in [5.41, 5.74) is -0.334. The first-order valence-corrected chi connectivity index (χ1v) is 5.17. The predicted molar refractivity (Wildman–Crippen MR) is 58.2 cm³/mol. The van der Waals surface area contributed by atoms with Crippen LogP contribution in [0.25, 0.3) is 0 Å². The maximum atomic E-state index is 10.8. The third kappa shape index (κ3) is 5.35. The summed E-state index contributed by atoms with van der Waals surface area (Å²) < 4.78 is 0. The molecule has 84 valence electrons. The van der Waals surface area contributed by atoms with Crippen LogP contribution in [0, 0.1) is 5.41 Å². The second-order valence-corrected chi connectivity index (χ2v) is 4.98. The van der Waals surface area contributed by atoms with Gasteiger partial charge in [-0.15, -0.1) is 0 Å². The normalized spacial score (nSPS) is 14.9. The summed E-state index contributed by atoms with van der Waals surface area (Å²) >= 11 is 0. The van der Waals surface area contributed by atoms with Crippen LogP contribution in [0.1, 0.15) is 34.6 Å². The Morgan fingerprint density at radius 1 is 1.36 bits per heavy atom. The fraction of sp³-hybridized carbons (Fsp3) is 0.909. The minimum absolute atomic E-state index is 0.334. The van der Waals surface area contributed by atoms with E-state index in [9.17, 15) is 9.90 Å². The van der Waals surface area contributed by atoms with E-state index in [1.807, 2.05) is 13.8 Å². The highest BCUT2D eigenvalue weighted by Crippen LogP contribution is 2.15. The number of aldehydes is 1. The Balaban J connectivity index is 4.30. The van der Waals surface area contributed by atoms with Crippen molar-refractivity contribution >= 4 is 6.29 Å². The third-order valence-corrected chi connectivity index (χ3v) is 2.16. The van der Waals surface area contributed by atoms with Gasteiger partial charge >= 0.3 is 0 Å². The van der Waals surface area contributed by atoms with Gasteiger partial charge < -0.3 is 9.90 Å². The summed E-state index contributed by atoms with van der Waals surface area (Å²) in [6.07, 6.45) is 0.629. The Bertz CT molecular complexity index is 176. The Morgan fingerprint density at radius 3 is 2.14 bits per heavy atom. The SMILES string of the molecule is CC(O)CN(CC(C)(C)C=O)C(C)C. The highest BCUT2D eigenvalue weighted by Gasteiger charge is 2.23. The van der Waals surface area contributed by atoms with Crippen molar-refractivity contribution in [3.05, 3.63) is 0 Å². The number of hydrogen-bond acceptors (Lipinski definition) is 3. The smallest absolute Gasteiger partial charge is 0.126 e. The lowest BCUT2D eigenvalue weighted by Gasteiger charge is -2.32. The molecule has 3 heteroatoms. The van der Waals surface area contributed by atoms with Crippen molar-refractivity contribution in [2.45, 2.75) is 46.8 Å². The molecule has 0 bridgehead atoms. The maximum Gasteiger partial charge on any atom is 0.126 e. The summed E-state index contributed by atoms with van der Waals surface area (Å²) in [5, 5.41) is 9.31. The molecule has 0 saturated carbocycles. The van der Waals surface area contributed by atoms with Gasteiger partial charge in [-0.2, -0.15) is 0 Å². The second kappa shape index (κ2) is 5.47. The van der Waals surface area contributed by atoms with Crippen LogP contribution < -0.4 is 0 Å². The number of aliphatic hydroxyl groups excluding tert-OH is 1. The number of nitrogens with zero attached hydrogens (tertiary/aromatic N) is 1. The lowest BCUT2D eigenvalue weighted by molar-refractivity contribution is -0.116. The van der Waals surface area contributed by atoms with E-state index in [2.05, 4.69) is 18.7 Å². The molecule has 0 fully saturated rings. The summed E-state index contributed by atoms with van der Waals surface area (Å²) in [5.74, 6) is 0. The van der Waals surface area contributed by atoms with Crippen molar-refractivity contribution in [2.24, 2.45) is 5.41 Å². The molecular weight excluding hydrogens is 178 g/mol. The van der Waals surface area contributed by atoms with Gasteiger partial charge in [0.25, 0.3) is 0 Å². The van der Waals surface area contributed by atoms with E-state index in [1.54, 1.807) is 6.92 Å². The van der Waals surface area contributed by atoms with Crippen LogP contribution in [-0.4, -0.2) is 41.5 Å². The Kier molecular flexibility index (Phi) is 5.31. The molecule has 0 aliphatic rings. The minimum Gasteiger partial charge on any atom is -0.392 e. The Labute approximate surface area is 87.1 Å². The molecule has 1 unspecified atom stereocenters. The molecule has 0 saturated heterocycles. The highest BCUT2D eigenvalue weighted by atomic mass is 16.3. The van der Waals surface area contributed by atoms with Crippen LogP contribution in [0.5, 0.6) is 0 Å². The van der Waals surface area contributed by atoms with Crippen molar-refractivity contribution in [2.75, 3.05) is 13.1 Å². The fourth-order valence-corrected chi connectivity index (χ4v) is 1.36. The summed E-state index contributed by atoms with van der Waals surface area (Å²) in [7, 11) is 0. The lowest BCUT2D eigenvalue weighted by Crippen LogP contribution is -2.43. The zero-order chi connectivity index (χ0) is 11.4. The van der Waals surface area contributed by atoms with Gasteiger partial charge in [-0.05, 0) is 20.8 Å². The van der Waals surface area contributed by atoms with Crippen molar-refractivity contribution in [1.29, 1.82) is 0 Å². The van der Waals surface area contributed by atoms with Gasteiger partial charge in [0.2, 0.25) is 0 Å². The fourth-order valence-electron chi connectivity index (χ4n) is 1.36. The molecule has 0 aromatic carbocycles. The molecule has 1 N–H and O–H groups in total. The van der Waals surface area contributed by atoms with Gasteiger partial charge in [0.15, 0.2) is 0 Å². The molecule has 0 aromatic heterocycles. The zero-order valence-corrected chi connectivity index (χ0v) is 9.95. The van der Waals surface area contributed by atoms with E-state index in [0.29, 0.717) is 19.1 Å². The molecule has 0 aliphatic carbocycles. The number of carbonyl (C=O) groups is 1. The molecule has 0 aromatic rings. The quantitative estimate of drug-likeness (QED) is 0.659. The Morgan fingerprint density at radius 2 is 1.86 bits per heavy atom. The molecule has 0 spiro atoms. The lowest BCUT2D eigenvalue weighted by atomic mass is 9.94. The first-order valence-electron chi connectivity index (χ1n) is 5.17.